The van der Waals surface area contributed by atoms with E-state index in [4.69, 9.17) is 0 Å². The van der Waals surface area contributed by atoms with E-state index in [2.05, 4.69) is 10.1 Å². The smallest absolute Gasteiger partial charge is 0.446 e. The molecule has 0 aromatic heterocycles. The molecule has 0 atom stereocenters. The fraction of sp³-hybridized carbons (Fsp3) is 0.167. The van der Waals surface area contributed by atoms with Gasteiger partial charge in [-0.25, -0.2) is 4.79 Å². The highest BCUT2D eigenvalue weighted by atomic mass is 32.2. The minimum absolute atomic E-state index is 0.0821. The highest BCUT2D eigenvalue weighted by Crippen LogP contribution is 2.39. The van der Waals surface area contributed by atoms with Gasteiger partial charge in [0.25, 0.3) is 0 Å². The van der Waals surface area contributed by atoms with Crippen LogP contribution in [0.15, 0.2) is 65.6 Å². The number of esters is 1. The largest absolute Gasteiger partial charge is 0.465 e. The Morgan fingerprint density at radius 3 is 2.12 bits per heavy atom. The molecule has 0 fully saturated rings. The first kappa shape index (κ1) is 18.9. The highest BCUT2D eigenvalue weighted by molar-refractivity contribution is 8.04. The Labute approximate surface area is 147 Å². The van der Waals surface area contributed by atoms with Gasteiger partial charge in [0.1, 0.15) is 4.91 Å². The van der Waals surface area contributed by atoms with Crippen LogP contribution < -0.4 is 5.32 Å². The van der Waals surface area contributed by atoms with Gasteiger partial charge in [0.05, 0.1) is 12.8 Å². The Morgan fingerprint density at radius 2 is 1.60 bits per heavy atom. The number of thioether (sulfide) groups is 1. The molecule has 0 amide bonds. The molecule has 2 rings (SSSR count). The molecule has 2 aromatic rings. The topological polar surface area (TPSA) is 38.3 Å². The first-order valence-electron chi connectivity index (χ1n) is 7.32. The second-order valence-corrected chi connectivity index (χ2v) is 6.02. The summed E-state index contributed by atoms with van der Waals surface area (Å²) in [4.78, 5) is 11.4. The van der Waals surface area contributed by atoms with E-state index < -0.39 is 28.1 Å². The van der Waals surface area contributed by atoms with Gasteiger partial charge in [-0.05, 0) is 22.9 Å². The molecule has 1 N–H and O–H groups in total. The number of alkyl halides is 3. The number of benzene rings is 2. The number of methoxy groups -OCH3 is 1. The summed E-state index contributed by atoms with van der Waals surface area (Å²) in [5.74, 6) is -1.04. The molecule has 0 spiro atoms. The van der Waals surface area contributed by atoms with Crippen LogP contribution in [0, 0.1) is 0 Å². The Bertz CT molecular complexity index is 731. The molecule has 132 valence electrons. The monoisotopic (exact) mass is 367 g/mol. The number of nitrogens with one attached hydrogen (secondary N) is 1. The van der Waals surface area contributed by atoms with Gasteiger partial charge in [-0.2, -0.15) is 13.2 Å². The van der Waals surface area contributed by atoms with Gasteiger partial charge in [0, 0.05) is 6.54 Å². The molecular formula is C18H16F3NO2S. The average Bonchev–Trinajstić information content (AvgIpc) is 2.61. The molecule has 25 heavy (non-hydrogen) atoms. The number of carbonyl (C=O) groups is 1. The van der Waals surface area contributed by atoms with Gasteiger partial charge < -0.3 is 10.1 Å². The summed E-state index contributed by atoms with van der Waals surface area (Å²) in [6.07, 6.45) is 0. The fourth-order valence-corrected chi connectivity index (χ4v) is 2.80. The zero-order chi connectivity index (χ0) is 18.3. The van der Waals surface area contributed by atoms with E-state index in [-0.39, 0.29) is 12.2 Å². The Balaban J connectivity index is 2.44. The lowest BCUT2D eigenvalue weighted by molar-refractivity contribution is -0.135. The summed E-state index contributed by atoms with van der Waals surface area (Å²) in [5.41, 5.74) is -3.19. The third-order valence-electron chi connectivity index (χ3n) is 3.19. The number of ether oxygens (including phenoxy) is 1. The Kier molecular flexibility index (Phi) is 6.52. The van der Waals surface area contributed by atoms with Gasteiger partial charge in [-0.1, -0.05) is 60.7 Å². The minimum Gasteiger partial charge on any atom is -0.465 e. The van der Waals surface area contributed by atoms with Crippen molar-refractivity contribution in [3.05, 3.63) is 76.7 Å². The predicted molar refractivity (Wildman–Crippen MR) is 92.3 cm³/mol. The molecule has 0 aliphatic heterocycles. The van der Waals surface area contributed by atoms with Gasteiger partial charge >= 0.3 is 11.5 Å². The van der Waals surface area contributed by atoms with Crippen molar-refractivity contribution in [3.8, 4) is 0 Å². The van der Waals surface area contributed by atoms with Crippen molar-refractivity contribution >= 4 is 23.4 Å². The van der Waals surface area contributed by atoms with Gasteiger partial charge in [0.15, 0.2) is 0 Å². The van der Waals surface area contributed by atoms with E-state index in [0.717, 1.165) is 12.7 Å². The fourth-order valence-electron chi connectivity index (χ4n) is 2.11. The first-order chi connectivity index (χ1) is 11.9. The van der Waals surface area contributed by atoms with Crippen LogP contribution in [0.4, 0.5) is 13.2 Å². The van der Waals surface area contributed by atoms with Crippen LogP contribution in [0.25, 0.3) is 5.70 Å². The number of hydrogen-bond donors (Lipinski definition) is 1. The molecule has 0 saturated carbocycles. The molecule has 0 bridgehead atoms. The minimum atomic E-state index is -4.61. The molecular weight excluding hydrogens is 351 g/mol. The zero-order valence-electron chi connectivity index (χ0n) is 13.3. The zero-order valence-corrected chi connectivity index (χ0v) is 14.2. The van der Waals surface area contributed by atoms with E-state index in [1.165, 1.54) is 0 Å². The number of hydrogen-bond acceptors (Lipinski definition) is 4. The number of carbonyl (C=O) groups excluding carboxylic acids is 1. The predicted octanol–water partition coefficient (Wildman–Crippen LogP) is 4.57. The lowest BCUT2D eigenvalue weighted by Gasteiger charge is -2.17. The SMILES string of the molecule is COC(=O)/C(SC(F)(F)F)=C(\NCc1ccccc1)c1ccccc1. The third kappa shape index (κ3) is 5.86. The highest BCUT2D eigenvalue weighted by Gasteiger charge is 2.35. The maximum absolute atomic E-state index is 12.9. The quantitative estimate of drug-likeness (QED) is 0.600. The summed E-state index contributed by atoms with van der Waals surface area (Å²) in [6, 6.07) is 17.6. The third-order valence-corrected chi connectivity index (χ3v) is 4.00. The van der Waals surface area contributed by atoms with Crippen molar-refractivity contribution in [2.75, 3.05) is 7.11 Å². The van der Waals surface area contributed by atoms with Gasteiger partial charge in [-0.3, -0.25) is 0 Å². The van der Waals surface area contributed by atoms with Crippen LogP contribution in [0.1, 0.15) is 11.1 Å². The first-order valence-corrected chi connectivity index (χ1v) is 8.14. The molecule has 7 heteroatoms. The van der Waals surface area contributed by atoms with E-state index in [9.17, 15) is 18.0 Å². The normalized spacial score (nSPS) is 12.3. The molecule has 0 unspecified atom stereocenters. The second-order valence-electron chi connectivity index (χ2n) is 4.95. The average molecular weight is 367 g/mol. The number of rotatable bonds is 6. The van der Waals surface area contributed by atoms with E-state index in [1.54, 1.807) is 30.3 Å². The summed E-state index contributed by atoms with van der Waals surface area (Å²) >= 11 is -0.485. The van der Waals surface area contributed by atoms with Crippen LogP contribution >= 0.6 is 11.8 Å². The molecule has 3 nitrogen and oxygen atoms in total. The second kappa shape index (κ2) is 8.62. The van der Waals surface area contributed by atoms with Crippen molar-refractivity contribution in [2.24, 2.45) is 0 Å². The Morgan fingerprint density at radius 1 is 1.04 bits per heavy atom. The van der Waals surface area contributed by atoms with Crippen molar-refractivity contribution in [1.82, 2.24) is 5.32 Å². The van der Waals surface area contributed by atoms with Crippen molar-refractivity contribution in [1.29, 1.82) is 0 Å². The van der Waals surface area contributed by atoms with E-state index >= 15 is 0 Å². The lowest BCUT2D eigenvalue weighted by atomic mass is 10.1. The van der Waals surface area contributed by atoms with Crippen LogP contribution in [0.5, 0.6) is 0 Å². The molecule has 0 aliphatic rings. The lowest BCUT2D eigenvalue weighted by Crippen LogP contribution is -2.19. The maximum atomic E-state index is 12.9. The maximum Gasteiger partial charge on any atom is 0.446 e. The van der Waals surface area contributed by atoms with E-state index in [1.807, 2.05) is 30.3 Å². The number of halogens is 3. The molecule has 0 heterocycles. The molecule has 2 aromatic carbocycles. The van der Waals surface area contributed by atoms with Crippen molar-refractivity contribution < 1.29 is 22.7 Å². The molecule has 0 saturated heterocycles. The van der Waals surface area contributed by atoms with Crippen molar-refractivity contribution in [2.45, 2.75) is 12.1 Å². The van der Waals surface area contributed by atoms with Crippen LogP contribution in [0.3, 0.4) is 0 Å². The summed E-state index contributed by atoms with van der Waals surface area (Å²) in [5, 5.41) is 2.95. The Hall–Kier alpha value is -2.41. The summed E-state index contributed by atoms with van der Waals surface area (Å²) in [7, 11) is 1.05. The standard InChI is InChI=1S/C18H16F3NO2S/c1-24-17(23)16(25-18(19,20)21)15(14-10-6-3-7-11-14)22-12-13-8-4-2-5-9-13/h2-11,22H,12H2,1H3/b16-15+. The van der Waals surface area contributed by atoms with E-state index in [0.29, 0.717) is 5.56 Å². The summed E-state index contributed by atoms with van der Waals surface area (Å²) < 4.78 is 43.4. The van der Waals surface area contributed by atoms with Gasteiger partial charge in [-0.15, -0.1) is 0 Å². The molecule has 0 aliphatic carbocycles. The van der Waals surface area contributed by atoms with Crippen LogP contribution in [0.2, 0.25) is 0 Å². The van der Waals surface area contributed by atoms with Gasteiger partial charge in [0.2, 0.25) is 0 Å². The van der Waals surface area contributed by atoms with Crippen LogP contribution in [-0.2, 0) is 16.1 Å². The van der Waals surface area contributed by atoms with Crippen LogP contribution in [-0.4, -0.2) is 18.6 Å². The van der Waals surface area contributed by atoms with Crippen molar-refractivity contribution in [3.63, 3.8) is 0 Å². The summed E-state index contributed by atoms with van der Waals surface area (Å²) in [6.45, 7) is 0.268. The molecule has 0 radical (unpaired) electrons.